The first-order valence-electron chi connectivity index (χ1n) is 7.34. The number of hydrogen-bond acceptors (Lipinski definition) is 10. The zero-order valence-electron chi connectivity index (χ0n) is 16.7. The fourth-order valence-corrected chi connectivity index (χ4v) is 1.58. The second-order valence-corrected chi connectivity index (χ2v) is 5.71. The third-order valence-electron chi connectivity index (χ3n) is 2.69. The summed E-state index contributed by atoms with van der Waals surface area (Å²) in [5, 5.41) is 36.5. The van der Waals surface area contributed by atoms with Crippen molar-refractivity contribution in [3.63, 3.8) is 0 Å². The summed E-state index contributed by atoms with van der Waals surface area (Å²) in [4.78, 5) is 40.3. The van der Waals surface area contributed by atoms with E-state index in [2.05, 4.69) is 4.99 Å². The molecule has 0 unspecified atom stereocenters. The normalized spacial score (nSPS) is 9.23. The van der Waals surface area contributed by atoms with Gasteiger partial charge < -0.3 is 20.5 Å². The monoisotopic (exact) mass is 560 g/mol. The van der Waals surface area contributed by atoms with E-state index >= 15 is 0 Å². The second kappa shape index (κ2) is 17.8. The molecule has 0 fully saturated rings. The molecule has 2 aromatic rings. The number of aromatic carboxylic acids is 2. The number of carboxylic acid groups (broad SMARTS) is 2. The second-order valence-electron chi connectivity index (χ2n) is 4.82. The molecule has 0 radical (unpaired) electrons. The molecule has 0 aliphatic carbocycles. The Kier molecular flexibility index (Phi) is 18.7. The summed E-state index contributed by atoms with van der Waals surface area (Å²) in [5.41, 5.74) is -3.30. The van der Waals surface area contributed by atoms with Gasteiger partial charge in [-0.2, -0.15) is 12.8 Å². The number of nitro groups is 1. The molecule has 188 valence electrons. The van der Waals surface area contributed by atoms with Crippen LogP contribution in [-0.4, -0.2) is 44.6 Å². The Morgan fingerprint density at radius 1 is 0.914 bits per heavy atom. The molecule has 0 bridgehead atoms. The molecule has 4 N–H and O–H groups in total. The van der Waals surface area contributed by atoms with Crippen molar-refractivity contribution >= 4 is 28.0 Å². The Morgan fingerprint density at radius 2 is 1.26 bits per heavy atom. The molecule has 0 aliphatic rings. The molecule has 2 aromatic carbocycles. The average molecular weight is 560 g/mol. The molecule has 2 rings (SSSR count). The van der Waals surface area contributed by atoms with Gasteiger partial charge in [-0.05, 0) is 18.2 Å². The maximum absolute atomic E-state index is 13.0. The molecule has 21 heteroatoms. The van der Waals surface area contributed by atoms with Gasteiger partial charge in [0.25, 0.3) is 0 Å². The van der Waals surface area contributed by atoms with Gasteiger partial charge in [0.15, 0.2) is 0 Å². The number of carboxylic acids is 2. The predicted octanol–water partition coefficient (Wildman–Crippen LogP) is -1.45. The number of nitrogens with zero attached hydrogens (tertiary/aromatic N) is 2. The minimum atomic E-state index is -4.67. The first kappa shape index (κ1) is 36.9. The van der Waals surface area contributed by atoms with Crippen molar-refractivity contribution < 1.29 is 121 Å². The van der Waals surface area contributed by atoms with Crippen LogP contribution in [0.4, 0.5) is 23.2 Å². The average Bonchev–Trinajstić information content (AvgIpc) is 2.66. The van der Waals surface area contributed by atoms with Crippen LogP contribution in [0.25, 0.3) is 0 Å². The van der Waals surface area contributed by atoms with Gasteiger partial charge in [0.05, 0.1) is 4.92 Å². The number of hydrogen-bond donors (Lipinski definition) is 4. The maximum atomic E-state index is 13.0. The number of benzene rings is 2. The van der Waals surface area contributed by atoms with Crippen LogP contribution in [0.15, 0.2) is 35.7 Å². The van der Waals surface area contributed by atoms with Crippen LogP contribution in [0.2, 0.25) is 0 Å². The van der Waals surface area contributed by atoms with E-state index in [4.69, 9.17) is 37.9 Å². The van der Waals surface area contributed by atoms with E-state index in [0.717, 1.165) is 18.2 Å². The number of carbonyl (C=O) groups is 2. The van der Waals surface area contributed by atoms with Crippen LogP contribution in [0.1, 0.15) is 20.7 Å². The summed E-state index contributed by atoms with van der Waals surface area (Å²) in [5.74, 6) is -8.62. The van der Waals surface area contributed by atoms with Gasteiger partial charge in [0, 0.05) is 6.07 Å². The largest absolute Gasteiger partial charge is 1.00 e. The van der Waals surface area contributed by atoms with Gasteiger partial charge in [-0.15, -0.1) is 4.91 Å². The van der Waals surface area contributed by atoms with E-state index in [1.807, 2.05) is 0 Å². The predicted molar refractivity (Wildman–Crippen MR) is 94.3 cm³/mol. The van der Waals surface area contributed by atoms with Crippen LogP contribution >= 0.6 is 0 Å². The van der Waals surface area contributed by atoms with Gasteiger partial charge in [-0.25, -0.2) is 22.8 Å². The van der Waals surface area contributed by atoms with Crippen molar-refractivity contribution in [2.24, 2.45) is 5.34 Å². The number of nitro benzene ring substituents is 1. The van der Waals surface area contributed by atoms with E-state index in [1.165, 1.54) is 5.34 Å². The molecule has 0 aromatic heterocycles. The molecule has 0 saturated carbocycles. The number of rotatable bonds is 4. The first-order chi connectivity index (χ1) is 15.5. The van der Waals surface area contributed by atoms with E-state index in [1.54, 1.807) is 0 Å². The van der Waals surface area contributed by atoms with Gasteiger partial charge in [0.2, 0.25) is 5.82 Å². The summed E-state index contributed by atoms with van der Waals surface area (Å²) in [6, 6.07) is 4.00. The fourth-order valence-electron chi connectivity index (χ4n) is 1.58. The Morgan fingerprint density at radius 3 is 1.51 bits per heavy atom. The van der Waals surface area contributed by atoms with Gasteiger partial charge >= 0.3 is 79.4 Å². The summed E-state index contributed by atoms with van der Waals surface area (Å²) in [7, 11) is -4.67. The molecular formula is C14H9F4KN2O13S. The van der Waals surface area contributed by atoms with Crippen molar-refractivity contribution in [3.8, 4) is 0 Å². The molecule has 35 heavy (non-hydrogen) atoms. The van der Waals surface area contributed by atoms with Crippen molar-refractivity contribution in [1.82, 2.24) is 0 Å². The van der Waals surface area contributed by atoms with Crippen molar-refractivity contribution in [3.05, 3.63) is 79.7 Å². The van der Waals surface area contributed by atoms with Crippen LogP contribution in [0, 0.1) is 38.3 Å². The standard InChI is InChI=1S/C7H3F2NO4.C7H4F2O2.K.HNO3.H2O4S/c8-3-1-2-4(10(13)14)6(9)5(3)7(11)12;8-4-2-1-3-5(9)6(4)7(10)11;;2-1-4-3;1-5(2,3)4/h1-2H,(H,11,12);1-3H,(H,10,11);;3H;(H2,1,2,3,4)/q;;+1;;/p-1. The minimum absolute atomic E-state index is 0. The fraction of sp³-hybridized carbons (Fsp3) is 0. The number of halogens is 4. The summed E-state index contributed by atoms with van der Waals surface area (Å²) < 4.78 is 82.2. The van der Waals surface area contributed by atoms with Crippen molar-refractivity contribution in [1.29, 1.82) is 0 Å². The first-order valence-corrected chi connectivity index (χ1v) is 8.73. The molecule has 0 aliphatic heterocycles. The Labute approximate surface area is 233 Å². The zero-order valence-corrected chi connectivity index (χ0v) is 20.6. The van der Waals surface area contributed by atoms with Gasteiger partial charge in [-0.1, -0.05) is 6.07 Å². The smallest absolute Gasteiger partial charge is 0.635 e. The third kappa shape index (κ3) is 15.8. The Bertz CT molecular complexity index is 1120. The van der Waals surface area contributed by atoms with E-state index in [9.17, 15) is 37.3 Å². The third-order valence-corrected chi connectivity index (χ3v) is 2.69. The Balaban J connectivity index is -0.000000434. The van der Waals surface area contributed by atoms with Gasteiger partial charge in [-0.3, -0.25) is 19.2 Å². The SMILES string of the molecule is O=C(O)c1c(F)ccc([N+](=O)[O-])c1F.O=C(O)c1c(F)cccc1F.O=NO[O-].O=S(=O)(O)O.[K+]. The molecule has 0 amide bonds. The summed E-state index contributed by atoms with van der Waals surface area (Å²) in [6.45, 7) is 0. The zero-order chi connectivity index (χ0) is 27.2. The molecule has 0 saturated heterocycles. The van der Waals surface area contributed by atoms with Crippen LogP contribution < -0.4 is 56.6 Å². The topological polar surface area (TPSA) is 254 Å². The molecule has 0 atom stereocenters. The van der Waals surface area contributed by atoms with Crippen LogP contribution in [-0.2, 0) is 15.4 Å². The van der Waals surface area contributed by atoms with Crippen LogP contribution in [0.5, 0.6) is 0 Å². The van der Waals surface area contributed by atoms with E-state index in [0.29, 0.717) is 12.1 Å². The molecular weight excluding hydrogens is 551 g/mol. The van der Waals surface area contributed by atoms with E-state index in [-0.39, 0.29) is 51.4 Å². The quantitative estimate of drug-likeness (QED) is 0.0635. The minimum Gasteiger partial charge on any atom is -0.635 e. The molecule has 0 spiro atoms. The van der Waals surface area contributed by atoms with Gasteiger partial charge in [0.1, 0.15) is 33.9 Å². The molecule has 15 nitrogen and oxygen atoms in total. The van der Waals surface area contributed by atoms with E-state index < -0.39 is 67.3 Å². The van der Waals surface area contributed by atoms with Crippen molar-refractivity contribution in [2.45, 2.75) is 0 Å². The summed E-state index contributed by atoms with van der Waals surface area (Å²) >= 11 is 0. The summed E-state index contributed by atoms with van der Waals surface area (Å²) in [6.07, 6.45) is 0. The van der Waals surface area contributed by atoms with Crippen molar-refractivity contribution in [2.75, 3.05) is 0 Å². The van der Waals surface area contributed by atoms with Crippen LogP contribution in [0.3, 0.4) is 0 Å². The molecule has 0 heterocycles. The Hall–Kier alpha value is -2.63. The maximum Gasteiger partial charge on any atom is 1.00 e.